The molecule has 4 nitrogen and oxygen atoms in total. The molecule has 0 amide bonds. The average Bonchev–Trinajstić information content (AvgIpc) is 2.70. The highest BCUT2D eigenvalue weighted by Gasteiger charge is 2.07. The van der Waals surface area contributed by atoms with Gasteiger partial charge in [0, 0.05) is 6.42 Å². The summed E-state index contributed by atoms with van der Waals surface area (Å²) >= 11 is 0. The topological polar surface area (TPSA) is 51.0 Å². The van der Waals surface area contributed by atoms with Gasteiger partial charge in [0.05, 0.1) is 6.54 Å². The second-order valence-electron chi connectivity index (χ2n) is 3.74. The lowest BCUT2D eigenvalue weighted by Crippen LogP contribution is -2.05. The molecule has 0 fully saturated rings. The summed E-state index contributed by atoms with van der Waals surface area (Å²) in [4.78, 5) is 4.30. The van der Waals surface area contributed by atoms with Crippen LogP contribution < -0.4 is 5.32 Å². The van der Waals surface area contributed by atoms with E-state index in [1.807, 2.05) is 19.2 Å². The summed E-state index contributed by atoms with van der Waals surface area (Å²) in [5, 5.41) is 6.92. The van der Waals surface area contributed by atoms with Gasteiger partial charge in [-0.05, 0) is 25.1 Å². The molecule has 84 valence electrons. The predicted molar refractivity (Wildman–Crippen MR) is 61.0 cm³/mol. The van der Waals surface area contributed by atoms with Crippen molar-refractivity contribution in [3.8, 4) is 0 Å². The molecule has 0 spiro atoms. The van der Waals surface area contributed by atoms with Crippen LogP contribution in [0.2, 0.25) is 0 Å². The van der Waals surface area contributed by atoms with Crippen molar-refractivity contribution in [2.75, 3.05) is 7.05 Å². The van der Waals surface area contributed by atoms with Gasteiger partial charge in [-0.3, -0.25) is 0 Å². The highest BCUT2D eigenvalue weighted by molar-refractivity contribution is 5.27. The number of hydrogen-bond acceptors (Lipinski definition) is 4. The van der Waals surface area contributed by atoms with Crippen molar-refractivity contribution in [2.45, 2.75) is 19.9 Å². The lowest BCUT2D eigenvalue weighted by molar-refractivity contribution is 0.367. The predicted octanol–water partition coefficient (Wildman–Crippen LogP) is 1.69. The van der Waals surface area contributed by atoms with Crippen molar-refractivity contribution in [3.05, 3.63) is 47.1 Å². The highest BCUT2D eigenvalue weighted by atomic mass is 16.5. The maximum Gasteiger partial charge on any atom is 0.240 e. The third-order valence-electron chi connectivity index (χ3n) is 2.45. The first-order chi connectivity index (χ1) is 7.79. The number of rotatable bonds is 4. The summed E-state index contributed by atoms with van der Waals surface area (Å²) < 4.78 is 5.09. The first-order valence-corrected chi connectivity index (χ1v) is 5.30. The molecule has 0 aliphatic rings. The number of nitrogens with one attached hydrogen (secondary N) is 1. The van der Waals surface area contributed by atoms with Gasteiger partial charge < -0.3 is 9.84 Å². The van der Waals surface area contributed by atoms with Gasteiger partial charge in [0.1, 0.15) is 0 Å². The second-order valence-corrected chi connectivity index (χ2v) is 3.74. The van der Waals surface area contributed by atoms with Crippen molar-refractivity contribution in [3.63, 3.8) is 0 Å². The Morgan fingerprint density at radius 2 is 2.12 bits per heavy atom. The molecule has 0 saturated heterocycles. The summed E-state index contributed by atoms with van der Waals surface area (Å²) in [5.74, 6) is 1.37. The Morgan fingerprint density at radius 1 is 1.31 bits per heavy atom. The zero-order valence-corrected chi connectivity index (χ0v) is 9.53. The Labute approximate surface area is 94.7 Å². The van der Waals surface area contributed by atoms with Crippen LogP contribution in [-0.2, 0) is 13.0 Å². The van der Waals surface area contributed by atoms with E-state index in [4.69, 9.17) is 4.52 Å². The minimum absolute atomic E-state index is 0.612. The quantitative estimate of drug-likeness (QED) is 0.846. The van der Waals surface area contributed by atoms with Gasteiger partial charge in [-0.1, -0.05) is 29.4 Å². The van der Waals surface area contributed by atoms with Crippen LogP contribution in [0.1, 0.15) is 22.8 Å². The normalized spacial score (nSPS) is 10.6. The fourth-order valence-corrected chi connectivity index (χ4v) is 1.56. The first-order valence-electron chi connectivity index (χ1n) is 5.30. The fraction of sp³-hybridized carbons (Fsp3) is 0.333. The molecule has 16 heavy (non-hydrogen) atoms. The molecule has 2 aromatic rings. The van der Waals surface area contributed by atoms with Crippen molar-refractivity contribution in [2.24, 2.45) is 0 Å². The summed E-state index contributed by atoms with van der Waals surface area (Å²) in [7, 11) is 1.85. The van der Waals surface area contributed by atoms with Crippen molar-refractivity contribution in [1.29, 1.82) is 0 Å². The SMILES string of the molecule is CNCc1nc(Cc2ccccc2C)no1. The fourth-order valence-electron chi connectivity index (χ4n) is 1.56. The smallest absolute Gasteiger partial charge is 0.240 e. The van der Waals surface area contributed by atoms with E-state index in [-0.39, 0.29) is 0 Å². The molecular formula is C12H15N3O. The number of hydrogen-bond donors (Lipinski definition) is 1. The van der Waals surface area contributed by atoms with Crippen LogP contribution in [0.15, 0.2) is 28.8 Å². The number of aryl methyl sites for hydroxylation is 1. The Bertz CT molecular complexity index is 465. The van der Waals surface area contributed by atoms with E-state index in [0.29, 0.717) is 12.4 Å². The molecule has 0 bridgehead atoms. The van der Waals surface area contributed by atoms with Crippen LogP contribution >= 0.6 is 0 Å². The summed E-state index contributed by atoms with van der Waals surface area (Å²) in [6.07, 6.45) is 0.722. The van der Waals surface area contributed by atoms with Crippen LogP contribution in [0.3, 0.4) is 0 Å². The van der Waals surface area contributed by atoms with Crippen LogP contribution in [0.5, 0.6) is 0 Å². The number of nitrogens with zero attached hydrogens (tertiary/aromatic N) is 2. The van der Waals surface area contributed by atoms with Crippen LogP contribution in [-0.4, -0.2) is 17.2 Å². The van der Waals surface area contributed by atoms with Gasteiger partial charge in [-0.2, -0.15) is 4.98 Å². The largest absolute Gasteiger partial charge is 0.338 e. The number of aromatic nitrogens is 2. The lowest BCUT2D eigenvalue weighted by atomic mass is 10.1. The maximum atomic E-state index is 5.09. The minimum atomic E-state index is 0.612. The Hall–Kier alpha value is -1.68. The molecule has 0 atom stereocenters. The average molecular weight is 217 g/mol. The van der Waals surface area contributed by atoms with Crippen molar-refractivity contribution < 1.29 is 4.52 Å². The van der Waals surface area contributed by atoms with Crippen molar-refractivity contribution in [1.82, 2.24) is 15.5 Å². The molecule has 2 rings (SSSR count). The number of benzene rings is 1. The standard InChI is InChI=1S/C12H15N3O/c1-9-5-3-4-6-10(9)7-11-14-12(8-13-2)16-15-11/h3-6,13H,7-8H2,1-2H3. The monoisotopic (exact) mass is 217 g/mol. The molecule has 1 aromatic carbocycles. The van der Waals surface area contributed by atoms with Gasteiger partial charge in [0.2, 0.25) is 5.89 Å². The Kier molecular flexibility index (Phi) is 3.31. The van der Waals surface area contributed by atoms with E-state index in [2.05, 4.69) is 34.5 Å². The second kappa shape index (κ2) is 4.90. The minimum Gasteiger partial charge on any atom is -0.338 e. The molecule has 1 aromatic heterocycles. The Morgan fingerprint density at radius 3 is 2.88 bits per heavy atom. The molecule has 0 saturated carbocycles. The zero-order chi connectivity index (χ0) is 11.4. The van der Waals surface area contributed by atoms with E-state index in [1.54, 1.807) is 0 Å². The molecule has 1 heterocycles. The van der Waals surface area contributed by atoms with Gasteiger partial charge >= 0.3 is 0 Å². The first kappa shape index (κ1) is 10.8. The van der Waals surface area contributed by atoms with Gasteiger partial charge in [-0.25, -0.2) is 0 Å². The summed E-state index contributed by atoms with van der Waals surface area (Å²) in [6.45, 7) is 2.70. The molecule has 1 N–H and O–H groups in total. The highest BCUT2D eigenvalue weighted by Crippen LogP contribution is 2.11. The van der Waals surface area contributed by atoms with E-state index < -0.39 is 0 Å². The molecule has 4 heteroatoms. The van der Waals surface area contributed by atoms with E-state index in [0.717, 1.165) is 12.2 Å². The van der Waals surface area contributed by atoms with Gasteiger partial charge in [-0.15, -0.1) is 0 Å². The van der Waals surface area contributed by atoms with Crippen molar-refractivity contribution >= 4 is 0 Å². The summed E-state index contributed by atoms with van der Waals surface area (Å²) in [6, 6.07) is 8.23. The molecule has 0 aliphatic carbocycles. The molecule has 0 unspecified atom stereocenters. The van der Waals surface area contributed by atoms with Crippen LogP contribution in [0.25, 0.3) is 0 Å². The van der Waals surface area contributed by atoms with Crippen LogP contribution in [0.4, 0.5) is 0 Å². The zero-order valence-electron chi connectivity index (χ0n) is 9.53. The van der Waals surface area contributed by atoms with Gasteiger partial charge in [0.15, 0.2) is 5.82 Å². The third-order valence-corrected chi connectivity index (χ3v) is 2.45. The summed E-state index contributed by atoms with van der Waals surface area (Å²) in [5.41, 5.74) is 2.49. The van der Waals surface area contributed by atoms with E-state index >= 15 is 0 Å². The third kappa shape index (κ3) is 2.46. The Balaban J connectivity index is 2.11. The van der Waals surface area contributed by atoms with Crippen LogP contribution in [0, 0.1) is 6.92 Å². The van der Waals surface area contributed by atoms with E-state index in [9.17, 15) is 0 Å². The lowest BCUT2D eigenvalue weighted by Gasteiger charge is -2.00. The molecule has 0 aliphatic heterocycles. The molecular weight excluding hydrogens is 202 g/mol. The molecule has 0 radical (unpaired) electrons. The van der Waals surface area contributed by atoms with Gasteiger partial charge in [0.25, 0.3) is 0 Å². The van der Waals surface area contributed by atoms with E-state index in [1.165, 1.54) is 11.1 Å². The maximum absolute atomic E-state index is 5.09.